The van der Waals surface area contributed by atoms with Gasteiger partial charge in [-0.25, -0.2) is 0 Å². The van der Waals surface area contributed by atoms with E-state index < -0.39 is 13.2 Å². The first kappa shape index (κ1) is 32.2. The molecule has 0 saturated heterocycles. The van der Waals surface area contributed by atoms with E-state index in [-0.39, 0.29) is 12.5 Å². The van der Waals surface area contributed by atoms with Crippen LogP contribution in [0.3, 0.4) is 0 Å². The number of hydrogen-bond acceptors (Lipinski definition) is 5. The van der Waals surface area contributed by atoms with E-state index in [0.717, 1.165) is 43.4 Å². The predicted molar refractivity (Wildman–Crippen MR) is 207 cm³/mol. The van der Waals surface area contributed by atoms with Gasteiger partial charge in [-0.3, -0.25) is 4.79 Å². The molecule has 0 bridgehead atoms. The number of fused-ring (bicyclic) bond motifs is 2. The van der Waals surface area contributed by atoms with Gasteiger partial charge in [-0.05, 0) is 17.5 Å². The Kier molecular flexibility index (Phi) is 9.21. The molecule has 6 aromatic carbocycles. The van der Waals surface area contributed by atoms with Crippen molar-refractivity contribution < 1.29 is 14.7 Å². The molecule has 1 heterocycles. The molecule has 0 radical (unpaired) electrons. The Balaban J connectivity index is 1.11. The van der Waals surface area contributed by atoms with E-state index >= 15 is 0 Å². The number of amides is 1. The summed E-state index contributed by atoms with van der Waals surface area (Å²) in [4.78, 5) is 31.3. The summed E-state index contributed by atoms with van der Waals surface area (Å²) < 4.78 is 0.954. The zero-order valence-electron chi connectivity index (χ0n) is 27.0. The number of nitrogens with zero attached hydrogens (tertiary/aromatic N) is 2. The average molecular weight is 682 g/mol. The third-order valence-electron chi connectivity index (χ3n) is 9.12. The van der Waals surface area contributed by atoms with Gasteiger partial charge in [0.05, 0.1) is 0 Å². The number of rotatable bonds is 11. The number of anilines is 1. The molecule has 0 unspecified atom stereocenters. The van der Waals surface area contributed by atoms with Crippen molar-refractivity contribution in [1.82, 2.24) is 10.3 Å². The fraction of sp³-hybridized carbons (Fsp3) is 0.0976. The van der Waals surface area contributed by atoms with E-state index in [1.807, 2.05) is 48.5 Å². The molecule has 1 aromatic heterocycles. The molecule has 8 heteroatoms. The van der Waals surface area contributed by atoms with Crippen molar-refractivity contribution in [3.8, 4) is 10.6 Å². The molecule has 7 aromatic rings. The molecule has 0 aliphatic carbocycles. The van der Waals surface area contributed by atoms with Crippen LogP contribution in [0.2, 0.25) is 0 Å². The Bertz CT molecular complexity index is 2160. The standard InChI is InChI=1S/C41H36N3O3PS/c1-44(28-39(45)46)33-21-19-29-25-32(18-17-30(29)26-33)41-43-37-22-20-31(27-38(37)49-41)40(47)42-23-24-48(34-11-5-2-6-12-34,35-13-7-3-8-14-35)36-15-9-4-10-16-36/h2-22,25-27,48H,23-24,28H2,1H3,(H,42,47)(H,45,46). The Morgan fingerprint density at radius 2 is 1.33 bits per heavy atom. The minimum atomic E-state index is -2.45. The molecule has 244 valence electrons. The van der Waals surface area contributed by atoms with Crippen LogP contribution < -0.4 is 26.1 Å². The Hall–Kier alpha value is -5.36. The SMILES string of the molecule is CN(CC(=O)O)c1ccc2cc(-c3nc4ccc(C(=O)NCC[PH](c5ccccc5)(c5ccccc5)c5ccccc5)cc4s3)ccc2c1. The molecule has 7 rings (SSSR count). The summed E-state index contributed by atoms with van der Waals surface area (Å²) in [5.74, 6) is -0.962. The number of carboxylic acids is 1. The minimum absolute atomic E-state index is 0.0626. The molecule has 0 spiro atoms. The van der Waals surface area contributed by atoms with Crippen LogP contribution >= 0.6 is 18.6 Å². The second-order valence-corrected chi connectivity index (χ2v) is 17.3. The van der Waals surface area contributed by atoms with Crippen molar-refractivity contribution >= 4 is 73.1 Å². The van der Waals surface area contributed by atoms with Gasteiger partial charge in [0.15, 0.2) is 0 Å². The normalized spacial score (nSPS) is 11.8. The number of benzene rings is 6. The molecular formula is C41H36N3O3PS. The van der Waals surface area contributed by atoms with E-state index in [4.69, 9.17) is 10.1 Å². The molecule has 0 saturated carbocycles. The fourth-order valence-corrected chi connectivity index (χ4v) is 12.3. The zero-order valence-corrected chi connectivity index (χ0v) is 28.9. The number of aromatic nitrogens is 1. The molecule has 1 amide bonds. The monoisotopic (exact) mass is 681 g/mol. The molecule has 49 heavy (non-hydrogen) atoms. The van der Waals surface area contributed by atoms with Crippen molar-refractivity contribution in [2.75, 3.05) is 31.2 Å². The molecule has 2 N–H and O–H groups in total. The second-order valence-electron chi connectivity index (χ2n) is 12.2. The summed E-state index contributed by atoms with van der Waals surface area (Å²) in [7, 11) is -0.681. The Morgan fingerprint density at radius 3 is 1.94 bits per heavy atom. The van der Waals surface area contributed by atoms with Gasteiger partial charge in [-0.2, -0.15) is 0 Å². The quantitative estimate of drug-likeness (QED) is 0.143. The van der Waals surface area contributed by atoms with Crippen molar-refractivity contribution in [2.45, 2.75) is 0 Å². The van der Waals surface area contributed by atoms with Crippen LogP contribution in [0.4, 0.5) is 5.69 Å². The topological polar surface area (TPSA) is 82.5 Å². The Labute approximate surface area is 290 Å². The third kappa shape index (κ3) is 6.68. The number of thiazole rings is 1. The number of hydrogen-bond donors (Lipinski definition) is 2. The van der Waals surface area contributed by atoms with E-state index in [1.165, 1.54) is 15.9 Å². The number of likely N-dealkylation sites (N-methyl/N-ethyl adjacent to an activating group) is 1. The number of nitrogens with one attached hydrogen (secondary N) is 1. The molecule has 0 aliphatic rings. The summed E-state index contributed by atoms with van der Waals surface area (Å²) in [5.41, 5.74) is 3.31. The van der Waals surface area contributed by atoms with Crippen LogP contribution in [0.25, 0.3) is 31.6 Å². The van der Waals surface area contributed by atoms with Crippen molar-refractivity contribution in [1.29, 1.82) is 0 Å². The smallest absolute Gasteiger partial charge is 0.0309 e. The van der Waals surface area contributed by atoms with Gasteiger partial charge in [0.1, 0.15) is 6.54 Å². The first-order chi connectivity index (χ1) is 23.9. The maximum absolute atomic E-state index is 13.6. The molecule has 0 fully saturated rings. The van der Waals surface area contributed by atoms with E-state index in [0.29, 0.717) is 12.1 Å². The van der Waals surface area contributed by atoms with Crippen molar-refractivity contribution in [3.63, 3.8) is 0 Å². The minimum Gasteiger partial charge on any atom is -0.0309 e. The second kappa shape index (κ2) is 14.0. The van der Waals surface area contributed by atoms with E-state index in [2.05, 4.69) is 102 Å². The molecular weight excluding hydrogens is 646 g/mol. The van der Waals surface area contributed by atoms with Crippen molar-refractivity contribution in [3.05, 3.63) is 151 Å². The number of aliphatic carboxylic acids is 1. The van der Waals surface area contributed by atoms with Crippen molar-refractivity contribution in [2.24, 2.45) is 0 Å². The number of carboxylic acid groups (broad SMARTS) is 1. The summed E-state index contributed by atoms with van der Waals surface area (Å²) in [5, 5.41) is 19.3. The van der Waals surface area contributed by atoms with Gasteiger partial charge in [-0.15, -0.1) is 0 Å². The third-order valence-corrected chi connectivity index (χ3v) is 15.1. The van der Waals surface area contributed by atoms with Crippen LogP contribution in [-0.2, 0) is 4.79 Å². The van der Waals surface area contributed by atoms with Gasteiger partial charge in [0, 0.05) is 12.7 Å². The maximum atomic E-state index is 13.6. The van der Waals surface area contributed by atoms with Gasteiger partial charge in [0.2, 0.25) is 0 Å². The summed E-state index contributed by atoms with van der Waals surface area (Å²) in [6.45, 7) is 0.480. The van der Waals surface area contributed by atoms with Gasteiger partial charge in [0.25, 0.3) is 0 Å². The van der Waals surface area contributed by atoms with E-state index in [1.54, 1.807) is 23.3 Å². The first-order valence-electron chi connectivity index (χ1n) is 16.2. The van der Waals surface area contributed by atoms with Crippen LogP contribution in [0.1, 0.15) is 10.4 Å². The summed E-state index contributed by atoms with van der Waals surface area (Å²) in [6.07, 6.45) is 0.822. The molecule has 0 atom stereocenters. The predicted octanol–water partition coefficient (Wildman–Crippen LogP) is 7.09. The van der Waals surface area contributed by atoms with Crippen LogP contribution in [0.15, 0.2) is 146 Å². The van der Waals surface area contributed by atoms with Crippen LogP contribution in [0.5, 0.6) is 0 Å². The van der Waals surface area contributed by atoms with Gasteiger partial charge >= 0.3 is 233 Å². The fourth-order valence-electron chi connectivity index (χ4n) is 6.65. The van der Waals surface area contributed by atoms with E-state index in [9.17, 15) is 9.59 Å². The number of carbonyl (C=O) groups is 2. The first-order valence-corrected chi connectivity index (χ1v) is 19.3. The molecule has 6 nitrogen and oxygen atoms in total. The van der Waals surface area contributed by atoms with Crippen LogP contribution in [-0.4, -0.2) is 48.3 Å². The zero-order chi connectivity index (χ0) is 33.8. The summed E-state index contributed by atoms with van der Waals surface area (Å²) in [6, 6.07) is 50.1. The van der Waals surface area contributed by atoms with Gasteiger partial charge in [-0.1, -0.05) is 6.07 Å². The van der Waals surface area contributed by atoms with Crippen LogP contribution in [0, 0.1) is 0 Å². The Morgan fingerprint density at radius 1 is 0.735 bits per heavy atom. The summed E-state index contributed by atoms with van der Waals surface area (Å²) >= 11 is 1.57. The molecule has 0 aliphatic heterocycles. The average Bonchev–Trinajstić information content (AvgIpc) is 3.57. The number of carbonyl (C=O) groups excluding carboxylic acids is 1. The van der Waals surface area contributed by atoms with Gasteiger partial charge < -0.3 is 10.0 Å².